The molecule has 41 heavy (non-hydrogen) atoms. The van der Waals surface area contributed by atoms with Crippen LogP contribution < -0.4 is 10.2 Å². The summed E-state index contributed by atoms with van der Waals surface area (Å²) in [6, 6.07) is 16.2. The number of allylic oxidation sites excluding steroid dienone is 4. The minimum atomic E-state index is -1.11. The predicted octanol–water partition coefficient (Wildman–Crippen LogP) is 7.82. The molecular formula is C35H37N2O3P. The minimum absolute atomic E-state index is 0.0274. The van der Waals surface area contributed by atoms with Gasteiger partial charge >= 0.3 is 0 Å². The molecule has 2 aliphatic rings. The van der Waals surface area contributed by atoms with E-state index in [1.54, 1.807) is 0 Å². The van der Waals surface area contributed by atoms with Crippen molar-refractivity contribution >= 4 is 48.2 Å². The van der Waals surface area contributed by atoms with Crippen LogP contribution in [-0.2, 0) is 22.2 Å². The molecular weight excluding hydrogens is 527 g/mol. The Morgan fingerprint density at radius 3 is 2.61 bits per heavy atom. The van der Waals surface area contributed by atoms with Gasteiger partial charge in [-0.1, -0.05) is 54.1 Å². The maximum Gasteiger partial charge on any atom is 0.255 e. The molecule has 2 amide bonds. The molecule has 0 aromatic heterocycles. The lowest BCUT2D eigenvalue weighted by Gasteiger charge is -2.32. The smallest absolute Gasteiger partial charge is 0.255 e. The van der Waals surface area contributed by atoms with E-state index in [0.717, 1.165) is 52.6 Å². The molecule has 0 saturated heterocycles. The Bertz CT molecular complexity index is 1640. The summed E-state index contributed by atoms with van der Waals surface area (Å²) in [6.07, 6.45) is 12.9. The zero-order chi connectivity index (χ0) is 29.1. The van der Waals surface area contributed by atoms with Gasteiger partial charge in [-0.2, -0.15) is 0 Å². The zero-order valence-corrected chi connectivity index (χ0v) is 25.1. The number of hydrogen-bond acceptors (Lipinski definition) is 3. The van der Waals surface area contributed by atoms with Crippen LogP contribution in [0.25, 0.3) is 16.8 Å². The summed E-state index contributed by atoms with van der Waals surface area (Å²) in [6.45, 7) is 8.40. The fourth-order valence-electron chi connectivity index (χ4n) is 5.60. The van der Waals surface area contributed by atoms with Crippen LogP contribution in [0.4, 0.5) is 11.4 Å². The number of nitrogens with zero attached hydrogens (tertiary/aromatic N) is 1. The first-order valence-corrected chi connectivity index (χ1v) is 16.0. The lowest BCUT2D eigenvalue weighted by Crippen LogP contribution is -2.36. The predicted molar refractivity (Wildman–Crippen MR) is 172 cm³/mol. The van der Waals surface area contributed by atoms with Crippen molar-refractivity contribution in [3.05, 3.63) is 112 Å². The number of aryl methyl sites for hydroxylation is 2. The first kappa shape index (κ1) is 28.7. The number of fused-ring (bicyclic) bond motifs is 3. The molecule has 1 unspecified atom stereocenters. The van der Waals surface area contributed by atoms with Crippen LogP contribution >= 0.6 is 8.15 Å². The topological polar surface area (TPSA) is 69.6 Å². The van der Waals surface area contributed by atoms with Crippen LogP contribution in [0.3, 0.4) is 0 Å². The molecule has 6 heteroatoms. The van der Waals surface area contributed by atoms with Gasteiger partial charge in [-0.05, 0) is 110 Å². The van der Waals surface area contributed by atoms with Crippen molar-refractivity contribution in [2.75, 3.05) is 23.4 Å². The van der Waals surface area contributed by atoms with Gasteiger partial charge in [-0.15, -0.1) is 0 Å². The van der Waals surface area contributed by atoms with Crippen molar-refractivity contribution in [3.63, 3.8) is 0 Å². The summed E-state index contributed by atoms with van der Waals surface area (Å²) in [7, 11) is -1.11. The van der Waals surface area contributed by atoms with Gasteiger partial charge in [0.05, 0.1) is 0 Å². The van der Waals surface area contributed by atoms with Gasteiger partial charge in [0.1, 0.15) is 0 Å². The Balaban J connectivity index is 1.42. The fourth-order valence-corrected chi connectivity index (χ4v) is 6.36. The van der Waals surface area contributed by atoms with E-state index in [-0.39, 0.29) is 11.8 Å². The first-order valence-electron chi connectivity index (χ1n) is 14.1. The lowest BCUT2D eigenvalue weighted by atomic mass is 9.92. The minimum Gasteiger partial charge on any atom is -0.374 e. The number of hydrogen-bond donors (Lipinski definition) is 2. The van der Waals surface area contributed by atoms with Crippen molar-refractivity contribution < 1.29 is 14.5 Å². The maximum atomic E-state index is 13.9. The highest BCUT2D eigenvalue weighted by molar-refractivity contribution is 7.49. The first-order chi connectivity index (χ1) is 19.7. The van der Waals surface area contributed by atoms with E-state index in [1.165, 1.54) is 10.9 Å². The summed E-state index contributed by atoms with van der Waals surface area (Å²) in [5.41, 5.74) is 8.24. The van der Waals surface area contributed by atoms with Crippen LogP contribution in [0.15, 0.2) is 89.6 Å². The highest BCUT2D eigenvalue weighted by Gasteiger charge is 2.26. The maximum absolute atomic E-state index is 13.9. The molecule has 0 bridgehead atoms. The molecule has 0 fully saturated rings. The van der Waals surface area contributed by atoms with Crippen molar-refractivity contribution in [3.8, 4) is 0 Å². The number of rotatable bonds is 6. The van der Waals surface area contributed by atoms with Gasteiger partial charge in [0.15, 0.2) is 0 Å². The average Bonchev–Trinajstić information content (AvgIpc) is 3.18. The normalized spacial score (nSPS) is 16.0. The van der Waals surface area contributed by atoms with E-state index in [1.807, 2.05) is 87.0 Å². The van der Waals surface area contributed by atoms with Crippen molar-refractivity contribution in [1.29, 1.82) is 0 Å². The Morgan fingerprint density at radius 2 is 1.83 bits per heavy atom. The van der Waals surface area contributed by atoms with Crippen LogP contribution in [0.5, 0.6) is 0 Å². The average molecular weight is 565 g/mol. The molecule has 5 rings (SSSR count). The Labute approximate surface area is 243 Å². The van der Waals surface area contributed by atoms with Crippen LogP contribution in [0.2, 0.25) is 0 Å². The molecule has 5 nitrogen and oxygen atoms in total. The SMILES string of the molecule is CC1=CCC=C(C(=O)Nc2ccc(C)c(/C=C(\C)C(=O)N3CCCc4c3cc(CP(C)O)c3ccccc43)c2)C=C1. The number of amides is 2. The third-order valence-electron chi connectivity index (χ3n) is 7.77. The van der Waals surface area contributed by atoms with Gasteiger partial charge in [0.25, 0.3) is 11.8 Å². The van der Waals surface area contributed by atoms with Crippen LogP contribution in [0.1, 0.15) is 48.9 Å². The second-order valence-electron chi connectivity index (χ2n) is 11.0. The van der Waals surface area contributed by atoms with Gasteiger partial charge in [0, 0.05) is 43.4 Å². The number of benzene rings is 3. The molecule has 1 heterocycles. The molecule has 0 spiro atoms. The van der Waals surface area contributed by atoms with E-state index >= 15 is 0 Å². The van der Waals surface area contributed by atoms with Crippen molar-refractivity contribution in [1.82, 2.24) is 0 Å². The molecule has 3 aromatic rings. The quantitative estimate of drug-likeness (QED) is 0.237. The van der Waals surface area contributed by atoms with E-state index < -0.39 is 8.15 Å². The molecule has 210 valence electrons. The van der Waals surface area contributed by atoms with Gasteiger partial charge in [-0.25, -0.2) is 0 Å². The Hall–Kier alpha value is -3.79. The largest absolute Gasteiger partial charge is 0.374 e. The molecule has 1 aliphatic heterocycles. The summed E-state index contributed by atoms with van der Waals surface area (Å²) < 4.78 is 0. The Kier molecular flexibility index (Phi) is 8.68. The number of carbonyl (C=O) groups excluding carboxylic acids is 2. The fraction of sp³-hybridized carbons (Fsp3) is 0.257. The number of anilines is 2. The second kappa shape index (κ2) is 12.4. The van der Waals surface area contributed by atoms with Gasteiger partial charge in [0.2, 0.25) is 0 Å². The van der Waals surface area contributed by atoms with Gasteiger partial charge < -0.3 is 15.1 Å². The van der Waals surface area contributed by atoms with Gasteiger partial charge in [-0.3, -0.25) is 9.59 Å². The lowest BCUT2D eigenvalue weighted by molar-refractivity contribution is -0.115. The van der Waals surface area contributed by atoms with E-state index in [4.69, 9.17) is 0 Å². The second-order valence-corrected chi connectivity index (χ2v) is 12.6. The van der Waals surface area contributed by atoms with E-state index in [2.05, 4.69) is 29.6 Å². The van der Waals surface area contributed by atoms with Crippen LogP contribution in [0, 0.1) is 6.92 Å². The number of nitrogens with one attached hydrogen (secondary N) is 1. The molecule has 3 aromatic carbocycles. The summed E-state index contributed by atoms with van der Waals surface area (Å²) in [5.74, 6) is -0.178. The highest BCUT2D eigenvalue weighted by atomic mass is 31.1. The monoisotopic (exact) mass is 564 g/mol. The van der Waals surface area contributed by atoms with E-state index in [9.17, 15) is 14.5 Å². The molecule has 1 aliphatic carbocycles. The third kappa shape index (κ3) is 6.43. The third-order valence-corrected chi connectivity index (χ3v) is 8.57. The van der Waals surface area contributed by atoms with Crippen molar-refractivity contribution in [2.45, 2.75) is 46.2 Å². The molecule has 0 radical (unpaired) electrons. The molecule has 1 atom stereocenters. The van der Waals surface area contributed by atoms with E-state index in [0.29, 0.717) is 29.5 Å². The number of carbonyl (C=O) groups is 2. The summed E-state index contributed by atoms with van der Waals surface area (Å²) in [5, 5.41) is 5.34. The highest BCUT2D eigenvalue weighted by Crippen LogP contribution is 2.40. The standard InChI is InChI=1S/C35H37N2O3P/c1-23-9-7-10-26(16-14-23)34(38)36-29-17-15-24(2)27(20-29)19-25(3)35(39)37-18-8-13-32-31-12-6-5-11-30(31)28(21-33(32)37)22-41(4)40/h5-6,9-12,14-17,19-21,40H,7-8,13,18,22H2,1-4H3,(H,36,38)/b25-19+. The summed E-state index contributed by atoms with van der Waals surface area (Å²) in [4.78, 5) is 39.0. The summed E-state index contributed by atoms with van der Waals surface area (Å²) >= 11 is 0. The Morgan fingerprint density at radius 1 is 1.05 bits per heavy atom. The van der Waals surface area contributed by atoms with Crippen molar-refractivity contribution in [2.24, 2.45) is 0 Å². The van der Waals surface area contributed by atoms with Crippen LogP contribution in [-0.4, -0.2) is 29.9 Å². The molecule has 0 saturated carbocycles. The zero-order valence-electron chi connectivity index (χ0n) is 24.2. The molecule has 2 N–H and O–H groups in total.